The fourth-order valence-corrected chi connectivity index (χ4v) is 5.97. The summed E-state index contributed by atoms with van der Waals surface area (Å²) in [6.07, 6.45) is 21.8. The average molecular weight is 621 g/mol. The van der Waals surface area contributed by atoms with Gasteiger partial charge in [-0.1, -0.05) is 134 Å². The minimum atomic E-state index is -1.15. The first-order valence-corrected chi connectivity index (χ1v) is 18.3. The number of aliphatic hydroxyl groups is 1. The fourth-order valence-electron chi connectivity index (χ4n) is 5.97. The molecule has 2 aromatic carbocycles. The number of ketones is 1. The van der Waals surface area contributed by atoms with E-state index in [4.69, 9.17) is 0 Å². The van der Waals surface area contributed by atoms with Gasteiger partial charge in [0.25, 0.3) is 0 Å². The van der Waals surface area contributed by atoms with E-state index < -0.39 is 6.10 Å². The van der Waals surface area contributed by atoms with Crippen molar-refractivity contribution in [2.24, 2.45) is 0 Å². The number of unbranched alkanes of at least 4 members (excludes halogenated alkanes) is 15. The number of hydrogen-bond donors (Lipinski definition) is 1. The van der Waals surface area contributed by atoms with Crippen molar-refractivity contribution in [3.63, 3.8) is 0 Å². The van der Waals surface area contributed by atoms with E-state index in [1.165, 1.54) is 83.5 Å². The number of amides is 1. The van der Waals surface area contributed by atoms with Gasteiger partial charge in [0, 0.05) is 44.4 Å². The Labute approximate surface area is 275 Å². The highest BCUT2D eigenvalue weighted by Gasteiger charge is 2.19. The molecule has 1 atom stereocenters. The van der Waals surface area contributed by atoms with Gasteiger partial charge >= 0.3 is 0 Å². The third-order valence-corrected chi connectivity index (χ3v) is 9.01. The molecule has 252 valence electrons. The molecule has 0 bridgehead atoms. The minimum absolute atomic E-state index is 0.288. The van der Waals surface area contributed by atoms with Gasteiger partial charge in [-0.25, -0.2) is 0 Å². The van der Waals surface area contributed by atoms with E-state index in [0.717, 1.165) is 57.4 Å². The zero-order valence-corrected chi connectivity index (χ0v) is 29.0. The predicted molar refractivity (Wildman–Crippen MR) is 191 cm³/mol. The molecule has 1 amide bonds. The molecule has 0 aromatic heterocycles. The van der Waals surface area contributed by atoms with Gasteiger partial charge < -0.3 is 14.9 Å². The van der Waals surface area contributed by atoms with Crippen molar-refractivity contribution in [3.8, 4) is 0 Å². The molecule has 0 fully saturated rings. The number of carbonyl (C=O) groups excluding carboxylic acids is 2. The van der Waals surface area contributed by atoms with Gasteiger partial charge in [0.1, 0.15) is 6.10 Å². The van der Waals surface area contributed by atoms with Crippen LogP contribution in [0.1, 0.15) is 158 Å². The number of carbonyl (C=O) groups is 2. The Morgan fingerprint density at radius 2 is 1.07 bits per heavy atom. The monoisotopic (exact) mass is 620 g/mol. The summed E-state index contributed by atoms with van der Waals surface area (Å²) in [5, 5.41) is 10.5. The molecule has 0 saturated carbocycles. The van der Waals surface area contributed by atoms with Crippen molar-refractivity contribution in [2.75, 3.05) is 31.6 Å². The predicted octanol–water partition coefficient (Wildman–Crippen LogP) is 10.3. The van der Waals surface area contributed by atoms with Gasteiger partial charge in [0.15, 0.2) is 5.78 Å². The number of rotatable bonds is 27. The lowest BCUT2D eigenvalue weighted by Gasteiger charge is -2.23. The number of hydrogen-bond acceptors (Lipinski definition) is 4. The van der Waals surface area contributed by atoms with Crippen molar-refractivity contribution in [3.05, 3.63) is 65.7 Å². The molecule has 0 aliphatic heterocycles. The van der Waals surface area contributed by atoms with Crippen molar-refractivity contribution in [2.45, 2.75) is 142 Å². The molecule has 5 nitrogen and oxygen atoms in total. The van der Waals surface area contributed by atoms with Crippen LogP contribution in [0.2, 0.25) is 0 Å². The normalized spacial score (nSPS) is 11.8. The fraction of sp³-hybridized carbons (Fsp3) is 0.650. The Morgan fingerprint density at radius 1 is 0.600 bits per heavy atom. The number of Topliss-reactive ketones (excluding diaryl/α,β-unsaturated/α-hetero) is 1. The first-order chi connectivity index (χ1) is 22.0. The lowest BCUT2D eigenvalue weighted by Crippen LogP contribution is -2.32. The highest BCUT2D eigenvalue weighted by atomic mass is 16.3. The van der Waals surface area contributed by atoms with E-state index in [-0.39, 0.29) is 5.78 Å². The zero-order chi connectivity index (χ0) is 32.5. The molecule has 0 spiro atoms. The maximum Gasteiger partial charge on any atom is 0.222 e. The number of anilines is 1. The van der Waals surface area contributed by atoms with E-state index in [1.807, 2.05) is 30.3 Å². The summed E-state index contributed by atoms with van der Waals surface area (Å²) in [5.74, 6) is 0.0544. The summed E-state index contributed by atoms with van der Waals surface area (Å²) in [7, 11) is 2.06. The van der Waals surface area contributed by atoms with Crippen LogP contribution in [-0.2, 0) is 4.79 Å². The zero-order valence-electron chi connectivity index (χ0n) is 29.0. The summed E-state index contributed by atoms with van der Waals surface area (Å²) in [5.41, 5.74) is 2.16. The second-order valence-corrected chi connectivity index (χ2v) is 12.9. The molecule has 0 aliphatic carbocycles. The van der Waals surface area contributed by atoms with E-state index in [9.17, 15) is 14.7 Å². The van der Waals surface area contributed by atoms with E-state index in [0.29, 0.717) is 23.5 Å². The van der Waals surface area contributed by atoms with Crippen LogP contribution in [0.15, 0.2) is 54.6 Å². The molecule has 2 rings (SSSR count). The molecule has 0 radical (unpaired) electrons. The Hall–Kier alpha value is -2.66. The van der Waals surface area contributed by atoms with Gasteiger partial charge in [0.2, 0.25) is 5.91 Å². The minimum Gasteiger partial charge on any atom is -0.380 e. The molecule has 0 heterocycles. The lowest BCUT2D eigenvalue weighted by atomic mass is 10.00. The lowest BCUT2D eigenvalue weighted by molar-refractivity contribution is -0.131. The maximum atomic E-state index is 13.2. The molecule has 0 saturated heterocycles. The molecule has 0 aliphatic rings. The van der Waals surface area contributed by atoms with Crippen LogP contribution in [0.3, 0.4) is 0 Å². The Bertz CT molecular complexity index is 1020. The van der Waals surface area contributed by atoms with Crippen molar-refractivity contribution < 1.29 is 14.7 Å². The molecular weight excluding hydrogens is 556 g/mol. The van der Waals surface area contributed by atoms with E-state index in [2.05, 4.69) is 30.7 Å². The highest BCUT2D eigenvalue weighted by Crippen LogP contribution is 2.21. The number of benzene rings is 2. The number of aliphatic hydroxyl groups excluding tert-OH is 1. The largest absolute Gasteiger partial charge is 0.380 e. The van der Waals surface area contributed by atoms with E-state index in [1.54, 1.807) is 24.3 Å². The van der Waals surface area contributed by atoms with Crippen LogP contribution in [-0.4, -0.2) is 48.4 Å². The standard InChI is InChI=1S/C40H64N2O3/c1-4-6-8-10-12-14-16-24-34-42(33-23-15-13-11-9-7-5-2)38(43)27-21-18-22-32-41(3)37-30-28-36(29-31-37)40(45)39(44)35-25-19-17-20-26-35/h17,19-20,25-26,28-31,39,44H,4-16,18,21-24,27,32-34H2,1-3H3. The highest BCUT2D eigenvalue weighted by molar-refractivity contribution is 6.00. The molecule has 1 N–H and O–H groups in total. The molecule has 5 heteroatoms. The van der Waals surface area contributed by atoms with Crippen LogP contribution >= 0.6 is 0 Å². The van der Waals surface area contributed by atoms with Crippen molar-refractivity contribution in [1.29, 1.82) is 0 Å². The van der Waals surface area contributed by atoms with Crippen LogP contribution < -0.4 is 4.90 Å². The molecule has 45 heavy (non-hydrogen) atoms. The second kappa shape index (κ2) is 24.6. The summed E-state index contributed by atoms with van der Waals surface area (Å²) < 4.78 is 0. The average Bonchev–Trinajstić information content (AvgIpc) is 3.07. The van der Waals surface area contributed by atoms with Gasteiger partial charge in [-0.05, 0) is 55.5 Å². The Kier molecular flexibility index (Phi) is 21.0. The molecule has 1 unspecified atom stereocenters. The van der Waals surface area contributed by atoms with Gasteiger partial charge in [0.05, 0.1) is 0 Å². The van der Waals surface area contributed by atoms with Crippen molar-refractivity contribution >= 4 is 17.4 Å². The summed E-state index contributed by atoms with van der Waals surface area (Å²) in [4.78, 5) is 30.3. The van der Waals surface area contributed by atoms with E-state index >= 15 is 0 Å². The third-order valence-electron chi connectivity index (χ3n) is 9.01. The smallest absolute Gasteiger partial charge is 0.222 e. The summed E-state index contributed by atoms with van der Waals surface area (Å²) in [6, 6.07) is 16.5. The van der Waals surface area contributed by atoms with Crippen LogP contribution in [0, 0.1) is 0 Å². The SMILES string of the molecule is CCCCCCCCCCN(CCCCCCCCC)C(=O)CCCCCN(C)c1ccc(C(=O)C(O)c2ccccc2)cc1. The van der Waals surface area contributed by atoms with Gasteiger partial charge in [-0.2, -0.15) is 0 Å². The topological polar surface area (TPSA) is 60.9 Å². The third kappa shape index (κ3) is 16.5. The Balaban J connectivity index is 1.71. The van der Waals surface area contributed by atoms with Crippen LogP contribution in [0.4, 0.5) is 5.69 Å². The van der Waals surface area contributed by atoms with Crippen molar-refractivity contribution in [1.82, 2.24) is 4.90 Å². The Morgan fingerprint density at radius 3 is 1.60 bits per heavy atom. The van der Waals surface area contributed by atoms with Gasteiger partial charge in [-0.3, -0.25) is 9.59 Å². The van der Waals surface area contributed by atoms with Gasteiger partial charge in [-0.15, -0.1) is 0 Å². The number of nitrogens with zero attached hydrogens (tertiary/aromatic N) is 2. The second-order valence-electron chi connectivity index (χ2n) is 12.9. The van der Waals surface area contributed by atoms with Crippen LogP contribution in [0.5, 0.6) is 0 Å². The molecular formula is C40H64N2O3. The summed E-state index contributed by atoms with van der Waals surface area (Å²) >= 11 is 0. The van der Waals surface area contributed by atoms with Crippen LogP contribution in [0.25, 0.3) is 0 Å². The molecule has 2 aromatic rings. The quantitative estimate of drug-likeness (QED) is 0.0797. The first kappa shape index (κ1) is 38.5. The first-order valence-electron chi connectivity index (χ1n) is 18.3. The summed E-state index contributed by atoms with van der Waals surface area (Å²) in [6.45, 7) is 7.27. The maximum absolute atomic E-state index is 13.2.